The van der Waals surface area contributed by atoms with E-state index in [9.17, 15) is 9.59 Å². The number of hydrogen-bond donors (Lipinski definition) is 0. The standard InChI is InChI=1S/C27H25Cl2N3O2/c1-5-23(31(4)26(33)18-11-12-20(28)21(29)15-18)25-30-22-9-7-6-8-19(22)27(34)32(25)24-13-10-16(2)14-17(24)3/h6-15,23H,5H2,1-4H3. The monoisotopic (exact) mass is 493 g/mol. The lowest BCUT2D eigenvalue weighted by Gasteiger charge is -2.29. The van der Waals surface area contributed by atoms with E-state index in [0.29, 0.717) is 38.8 Å². The number of aromatic nitrogens is 2. The largest absolute Gasteiger partial charge is 0.332 e. The molecule has 0 radical (unpaired) electrons. The van der Waals surface area contributed by atoms with Gasteiger partial charge in [-0.3, -0.25) is 14.2 Å². The van der Waals surface area contributed by atoms with Crippen molar-refractivity contribution in [3.05, 3.63) is 104 Å². The molecule has 0 fully saturated rings. The number of amides is 1. The van der Waals surface area contributed by atoms with Crippen molar-refractivity contribution < 1.29 is 4.79 Å². The normalized spacial score (nSPS) is 12.1. The van der Waals surface area contributed by atoms with Crippen molar-refractivity contribution >= 4 is 40.0 Å². The molecule has 0 aliphatic rings. The summed E-state index contributed by atoms with van der Waals surface area (Å²) in [6.07, 6.45) is 0.555. The van der Waals surface area contributed by atoms with Crippen molar-refractivity contribution in [2.24, 2.45) is 0 Å². The van der Waals surface area contributed by atoms with Crippen LogP contribution in [0.5, 0.6) is 0 Å². The lowest BCUT2D eigenvalue weighted by atomic mass is 10.1. The van der Waals surface area contributed by atoms with Gasteiger partial charge in [-0.05, 0) is 62.2 Å². The molecule has 1 atom stereocenters. The summed E-state index contributed by atoms with van der Waals surface area (Å²) in [5.74, 6) is 0.272. The molecule has 4 rings (SSSR count). The van der Waals surface area contributed by atoms with Crippen LogP contribution in [0.2, 0.25) is 10.0 Å². The Morgan fingerprint density at radius 3 is 2.44 bits per heavy atom. The first-order chi connectivity index (χ1) is 16.2. The molecule has 34 heavy (non-hydrogen) atoms. The van der Waals surface area contributed by atoms with E-state index in [1.807, 2.05) is 57.2 Å². The number of halogens is 2. The first kappa shape index (κ1) is 24.0. The zero-order valence-electron chi connectivity index (χ0n) is 19.5. The van der Waals surface area contributed by atoms with Gasteiger partial charge < -0.3 is 4.90 Å². The lowest BCUT2D eigenvalue weighted by Crippen LogP contribution is -2.36. The summed E-state index contributed by atoms with van der Waals surface area (Å²) in [4.78, 5) is 33.6. The van der Waals surface area contributed by atoms with Crippen LogP contribution in [0.4, 0.5) is 0 Å². The van der Waals surface area contributed by atoms with Gasteiger partial charge in [-0.1, -0.05) is 60.0 Å². The molecule has 0 aliphatic carbocycles. The Labute approximate surface area is 208 Å². The van der Waals surface area contributed by atoms with Crippen LogP contribution in [0.15, 0.2) is 65.5 Å². The Balaban J connectivity index is 1.92. The summed E-state index contributed by atoms with van der Waals surface area (Å²) in [6.45, 7) is 5.95. The van der Waals surface area contributed by atoms with Crippen LogP contribution >= 0.6 is 23.2 Å². The minimum Gasteiger partial charge on any atom is -0.332 e. The highest BCUT2D eigenvalue weighted by Gasteiger charge is 2.28. The van der Waals surface area contributed by atoms with Gasteiger partial charge in [0.15, 0.2) is 0 Å². The maximum absolute atomic E-state index is 13.7. The van der Waals surface area contributed by atoms with E-state index < -0.39 is 6.04 Å². The van der Waals surface area contributed by atoms with E-state index in [-0.39, 0.29) is 11.5 Å². The Kier molecular flexibility index (Phi) is 6.78. The predicted octanol–water partition coefficient (Wildman–Crippen LogP) is 6.53. The van der Waals surface area contributed by atoms with Crippen molar-refractivity contribution in [3.8, 4) is 5.69 Å². The Hall–Kier alpha value is -3.15. The summed E-state index contributed by atoms with van der Waals surface area (Å²) in [5, 5.41) is 1.22. The third kappa shape index (κ3) is 4.33. The summed E-state index contributed by atoms with van der Waals surface area (Å²) < 4.78 is 1.64. The zero-order valence-corrected chi connectivity index (χ0v) is 21.0. The summed E-state index contributed by atoms with van der Waals surface area (Å²) in [7, 11) is 1.71. The van der Waals surface area contributed by atoms with Crippen molar-refractivity contribution in [1.29, 1.82) is 0 Å². The minimum atomic E-state index is -0.458. The van der Waals surface area contributed by atoms with Crippen LogP contribution in [-0.4, -0.2) is 27.4 Å². The summed E-state index contributed by atoms with van der Waals surface area (Å²) in [6, 6.07) is 17.6. The van der Waals surface area contributed by atoms with Gasteiger partial charge in [-0.2, -0.15) is 0 Å². The first-order valence-corrected chi connectivity index (χ1v) is 11.8. The maximum atomic E-state index is 13.7. The van der Waals surface area contributed by atoms with Gasteiger partial charge in [0.05, 0.1) is 32.7 Å². The lowest BCUT2D eigenvalue weighted by molar-refractivity contribution is 0.0717. The molecule has 1 aromatic heterocycles. The Bertz CT molecular complexity index is 1460. The van der Waals surface area contributed by atoms with Crippen LogP contribution in [0.1, 0.15) is 46.7 Å². The summed E-state index contributed by atoms with van der Waals surface area (Å²) in [5.41, 5.74) is 3.64. The quantitative estimate of drug-likeness (QED) is 0.317. The maximum Gasteiger partial charge on any atom is 0.266 e. The van der Waals surface area contributed by atoms with Crippen molar-refractivity contribution in [2.75, 3.05) is 7.05 Å². The minimum absolute atomic E-state index is 0.165. The number of benzene rings is 3. The molecule has 1 unspecified atom stereocenters. The zero-order chi connectivity index (χ0) is 24.6. The number of fused-ring (bicyclic) bond motifs is 1. The predicted molar refractivity (Wildman–Crippen MR) is 138 cm³/mol. The van der Waals surface area contributed by atoms with Crippen LogP contribution in [0.3, 0.4) is 0 Å². The molecule has 0 aliphatic heterocycles. The molecule has 0 saturated carbocycles. The molecule has 0 bridgehead atoms. The molecule has 3 aromatic carbocycles. The van der Waals surface area contributed by atoms with Gasteiger partial charge in [-0.15, -0.1) is 0 Å². The fourth-order valence-corrected chi connectivity index (χ4v) is 4.56. The second-order valence-corrected chi connectivity index (χ2v) is 9.20. The van der Waals surface area contributed by atoms with Crippen molar-refractivity contribution in [3.63, 3.8) is 0 Å². The molecule has 1 amide bonds. The van der Waals surface area contributed by atoms with Gasteiger partial charge in [0.2, 0.25) is 0 Å². The molecule has 0 N–H and O–H groups in total. The fourth-order valence-electron chi connectivity index (χ4n) is 4.27. The fraction of sp³-hybridized carbons (Fsp3) is 0.222. The number of carbonyl (C=O) groups excluding carboxylic acids is 1. The molecule has 0 saturated heterocycles. The highest BCUT2D eigenvalue weighted by atomic mass is 35.5. The SMILES string of the molecule is CCC(c1nc2ccccc2c(=O)n1-c1ccc(C)cc1C)N(C)C(=O)c1ccc(Cl)c(Cl)c1. The average molecular weight is 494 g/mol. The first-order valence-electron chi connectivity index (χ1n) is 11.0. The molecule has 0 spiro atoms. The third-order valence-electron chi connectivity index (χ3n) is 6.03. The van der Waals surface area contributed by atoms with E-state index in [0.717, 1.165) is 16.8 Å². The third-order valence-corrected chi connectivity index (χ3v) is 6.77. The van der Waals surface area contributed by atoms with Gasteiger partial charge in [-0.25, -0.2) is 4.98 Å². The van der Waals surface area contributed by atoms with Gasteiger partial charge in [0.1, 0.15) is 5.82 Å². The van der Waals surface area contributed by atoms with E-state index in [1.54, 1.807) is 40.8 Å². The highest BCUT2D eigenvalue weighted by Crippen LogP contribution is 2.29. The molecule has 1 heterocycles. The molecule has 174 valence electrons. The average Bonchev–Trinajstić information content (AvgIpc) is 2.82. The van der Waals surface area contributed by atoms with E-state index in [2.05, 4.69) is 0 Å². The molecular weight excluding hydrogens is 469 g/mol. The van der Waals surface area contributed by atoms with Gasteiger partial charge in [0.25, 0.3) is 11.5 Å². The van der Waals surface area contributed by atoms with Crippen molar-refractivity contribution in [1.82, 2.24) is 14.5 Å². The summed E-state index contributed by atoms with van der Waals surface area (Å²) >= 11 is 12.2. The van der Waals surface area contributed by atoms with Crippen molar-refractivity contribution in [2.45, 2.75) is 33.2 Å². The number of aryl methyl sites for hydroxylation is 2. The number of para-hydroxylation sites is 1. The molecular formula is C27H25Cl2N3O2. The van der Waals surface area contributed by atoms with E-state index in [4.69, 9.17) is 28.2 Å². The molecule has 4 aromatic rings. The Morgan fingerprint density at radius 1 is 1.03 bits per heavy atom. The Morgan fingerprint density at radius 2 is 1.76 bits per heavy atom. The van der Waals surface area contributed by atoms with Crippen LogP contribution in [0, 0.1) is 13.8 Å². The second kappa shape index (κ2) is 9.61. The van der Waals surface area contributed by atoms with E-state index in [1.165, 1.54) is 0 Å². The van der Waals surface area contributed by atoms with Crippen LogP contribution in [0.25, 0.3) is 16.6 Å². The van der Waals surface area contributed by atoms with Gasteiger partial charge in [0, 0.05) is 12.6 Å². The van der Waals surface area contributed by atoms with Crippen LogP contribution in [-0.2, 0) is 0 Å². The van der Waals surface area contributed by atoms with Gasteiger partial charge >= 0.3 is 0 Å². The highest BCUT2D eigenvalue weighted by molar-refractivity contribution is 6.42. The number of hydrogen-bond acceptors (Lipinski definition) is 3. The number of rotatable bonds is 5. The molecule has 7 heteroatoms. The smallest absolute Gasteiger partial charge is 0.266 e. The van der Waals surface area contributed by atoms with E-state index >= 15 is 0 Å². The van der Waals surface area contributed by atoms with Crippen LogP contribution < -0.4 is 5.56 Å². The molecule has 5 nitrogen and oxygen atoms in total. The topological polar surface area (TPSA) is 55.2 Å². The number of carbonyl (C=O) groups is 1. The number of nitrogens with zero attached hydrogens (tertiary/aromatic N) is 3. The second-order valence-electron chi connectivity index (χ2n) is 8.39.